The molecule has 7 nitrogen and oxygen atoms in total. The van der Waals surface area contributed by atoms with Crippen molar-refractivity contribution in [3.05, 3.63) is 95.8 Å². The van der Waals surface area contributed by atoms with Crippen LogP contribution in [0, 0.1) is 5.92 Å². The number of rotatable bonds is 17. The van der Waals surface area contributed by atoms with Crippen molar-refractivity contribution in [2.45, 2.75) is 89.3 Å². The number of ether oxygens (including phenoxy) is 1. The van der Waals surface area contributed by atoms with Crippen LogP contribution < -0.4 is 10.5 Å². The van der Waals surface area contributed by atoms with E-state index in [2.05, 4.69) is 57.8 Å². The molecule has 2 aromatic carbocycles. The largest absolute Gasteiger partial charge is 0.496 e. The smallest absolute Gasteiger partial charge is 0.232 e. The zero-order valence-corrected chi connectivity index (χ0v) is 29.0. The number of piperidine rings is 1. The highest BCUT2D eigenvalue weighted by atomic mass is 16.5. The number of unbranched alkanes of at least 4 members (excludes halogenated alkanes) is 4. The first-order valence-electron chi connectivity index (χ1n) is 18.0. The molecular weight excluding hydrogens is 582 g/mol. The number of carbonyl (C=O) groups excluding carboxylic acids is 1. The van der Waals surface area contributed by atoms with Gasteiger partial charge in [-0.15, -0.1) is 0 Å². The highest BCUT2D eigenvalue weighted by Gasteiger charge is 2.49. The van der Waals surface area contributed by atoms with E-state index in [1.165, 1.54) is 57.1 Å². The Morgan fingerprint density at radius 1 is 0.894 bits per heavy atom. The standard InChI is InChI=1S/C40H57N5O2/c1-32(2)45(37-21-27-44(28-22-37)30-33-29-42-23-19-38(33)47-3)25-14-6-4-5-13-24-43-26-20-36(31-43)40(39(41)46,34-15-9-7-10-16-34)35-17-11-8-12-18-35/h7-12,15-19,23,29,32,36-37H,4-6,13-14,20-22,24-28,30-31H2,1-3H3,(H2,41,46)/t36-/m1/s1. The fourth-order valence-corrected chi connectivity index (χ4v) is 8.32. The molecule has 0 bridgehead atoms. The lowest BCUT2D eigenvalue weighted by atomic mass is 9.64. The van der Waals surface area contributed by atoms with Crippen LogP contribution in [0.4, 0.5) is 0 Å². The fraction of sp³-hybridized carbons (Fsp3) is 0.550. The Balaban J connectivity index is 1.03. The highest BCUT2D eigenvalue weighted by Crippen LogP contribution is 2.43. The van der Waals surface area contributed by atoms with Crippen LogP contribution in [0.5, 0.6) is 5.75 Å². The van der Waals surface area contributed by atoms with E-state index in [9.17, 15) is 4.79 Å². The molecule has 0 radical (unpaired) electrons. The maximum absolute atomic E-state index is 13.4. The van der Waals surface area contributed by atoms with E-state index in [1.54, 1.807) is 13.3 Å². The Labute approximate surface area is 283 Å². The molecule has 5 rings (SSSR count). The van der Waals surface area contributed by atoms with E-state index in [4.69, 9.17) is 10.5 Å². The average Bonchev–Trinajstić information content (AvgIpc) is 3.56. The van der Waals surface area contributed by atoms with Crippen LogP contribution in [0.25, 0.3) is 0 Å². The maximum atomic E-state index is 13.4. The number of primary amides is 1. The molecule has 254 valence electrons. The van der Waals surface area contributed by atoms with Gasteiger partial charge in [0.1, 0.15) is 11.2 Å². The Bertz CT molecular complexity index is 1320. The fourth-order valence-electron chi connectivity index (χ4n) is 8.32. The van der Waals surface area contributed by atoms with Crippen molar-refractivity contribution in [3.63, 3.8) is 0 Å². The van der Waals surface area contributed by atoms with Gasteiger partial charge in [-0.25, -0.2) is 0 Å². The third-order valence-electron chi connectivity index (χ3n) is 10.8. The molecule has 3 aromatic rings. The lowest BCUT2D eigenvalue weighted by molar-refractivity contribution is -0.123. The van der Waals surface area contributed by atoms with E-state index in [-0.39, 0.29) is 11.8 Å². The van der Waals surface area contributed by atoms with Gasteiger partial charge in [-0.2, -0.15) is 0 Å². The molecule has 0 spiro atoms. The molecule has 0 saturated carbocycles. The minimum absolute atomic E-state index is 0.164. The van der Waals surface area contributed by atoms with Crippen molar-refractivity contribution >= 4 is 5.91 Å². The number of nitrogens with two attached hydrogens (primary N) is 1. The highest BCUT2D eigenvalue weighted by molar-refractivity contribution is 5.91. The SMILES string of the molecule is COc1ccncc1CN1CCC(N(CCCCCCCN2CC[C@@H](C(C(N)=O)(c3ccccc3)c3ccccc3)C2)C(C)C)CC1. The molecule has 2 aliphatic rings. The summed E-state index contributed by atoms with van der Waals surface area (Å²) in [5, 5.41) is 0. The second-order valence-corrected chi connectivity index (χ2v) is 14.0. The topological polar surface area (TPSA) is 74.9 Å². The summed E-state index contributed by atoms with van der Waals surface area (Å²) in [6.45, 7) is 12.1. The lowest BCUT2D eigenvalue weighted by Crippen LogP contribution is -2.49. The minimum Gasteiger partial charge on any atom is -0.496 e. The Morgan fingerprint density at radius 2 is 1.51 bits per heavy atom. The molecular formula is C40H57N5O2. The second kappa shape index (κ2) is 17.2. The summed E-state index contributed by atoms with van der Waals surface area (Å²) < 4.78 is 5.54. The lowest BCUT2D eigenvalue weighted by Gasteiger charge is -2.40. The molecule has 0 aliphatic carbocycles. The van der Waals surface area contributed by atoms with Crippen LogP contribution in [0.3, 0.4) is 0 Å². The van der Waals surface area contributed by atoms with Crippen molar-refractivity contribution in [1.82, 2.24) is 19.7 Å². The molecule has 3 heterocycles. The van der Waals surface area contributed by atoms with E-state index >= 15 is 0 Å². The molecule has 7 heteroatoms. The number of methoxy groups -OCH3 is 1. The molecule has 47 heavy (non-hydrogen) atoms. The maximum Gasteiger partial charge on any atom is 0.232 e. The molecule has 1 amide bonds. The predicted octanol–water partition coefficient (Wildman–Crippen LogP) is 6.51. The first kappa shape index (κ1) is 35.1. The Hall–Kier alpha value is -3.26. The zero-order valence-electron chi connectivity index (χ0n) is 29.0. The molecule has 2 saturated heterocycles. The van der Waals surface area contributed by atoms with Gasteiger partial charge in [0, 0.05) is 43.1 Å². The number of carbonyl (C=O) groups is 1. The quantitative estimate of drug-likeness (QED) is 0.170. The second-order valence-electron chi connectivity index (χ2n) is 14.0. The van der Waals surface area contributed by atoms with Crippen molar-refractivity contribution < 1.29 is 9.53 Å². The van der Waals surface area contributed by atoms with Gasteiger partial charge in [-0.1, -0.05) is 79.9 Å². The minimum atomic E-state index is -0.802. The number of benzene rings is 2. The predicted molar refractivity (Wildman–Crippen MR) is 191 cm³/mol. The summed E-state index contributed by atoms with van der Waals surface area (Å²) in [4.78, 5) is 25.5. The summed E-state index contributed by atoms with van der Waals surface area (Å²) in [6.07, 6.45) is 13.5. The summed E-state index contributed by atoms with van der Waals surface area (Å²) in [6, 6.07) is 23.6. The van der Waals surface area contributed by atoms with Crippen molar-refractivity contribution in [1.29, 1.82) is 0 Å². The van der Waals surface area contributed by atoms with Gasteiger partial charge < -0.3 is 15.4 Å². The first-order valence-corrected chi connectivity index (χ1v) is 18.0. The van der Waals surface area contributed by atoms with Crippen molar-refractivity contribution in [2.24, 2.45) is 11.7 Å². The van der Waals surface area contributed by atoms with Crippen LogP contribution in [-0.2, 0) is 16.8 Å². The van der Waals surface area contributed by atoms with Crippen molar-refractivity contribution in [3.8, 4) is 5.75 Å². The monoisotopic (exact) mass is 639 g/mol. The Kier molecular flexibility index (Phi) is 12.9. The zero-order chi connectivity index (χ0) is 33.1. The van der Waals surface area contributed by atoms with Gasteiger partial charge in [0.25, 0.3) is 0 Å². The van der Waals surface area contributed by atoms with E-state index in [0.717, 1.165) is 62.6 Å². The van der Waals surface area contributed by atoms with Gasteiger partial charge >= 0.3 is 0 Å². The molecule has 0 unspecified atom stereocenters. The summed E-state index contributed by atoms with van der Waals surface area (Å²) in [5.74, 6) is 0.858. The van der Waals surface area contributed by atoms with Crippen LogP contribution in [-0.4, -0.2) is 84.1 Å². The van der Waals surface area contributed by atoms with E-state index in [1.807, 2.05) is 48.7 Å². The van der Waals surface area contributed by atoms with Gasteiger partial charge in [-0.05, 0) is 102 Å². The number of nitrogens with zero attached hydrogens (tertiary/aromatic N) is 4. The summed E-state index contributed by atoms with van der Waals surface area (Å²) >= 11 is 0. The normalized spacial score (nSPS) is 18.3. The van der Waals surface area contributed by atoms with Crippen LogP contribution in [0.15, 0.2) is 79.1 Å². The molecule has 2 fully saturated rings. The molecule has 2 aliphatic heterocycles. The first-order chi connectivity index (χ1) is 22.9. The third-order valence-corrected chi connectivity index (χ3v) is 10.8. The van der Waals surface area contributed by atoms with Gasteiger partial charge in [-0.3, -0.25) is 19.6 Å². The number of likely N-dealkylation sites (tertiary alicyclic amines) is 2. The van der Waals surface area contributed by atoms with Gasteiger partial charge in [0.05, 0.1) is 7.11 Å². The van der Waals surface area contributed by atoms with E-state index in [0.29, 0.717) is 12.1 Å². The molecule has 1 aromatic heterocycles. The van der Waals surface area contributed by atoms with E-state index < -0.39 is 5.41 Å². The Morgan fingerprint density at radius 3 is 2.13 bits per heavy atom. The van der Waals surface area contributed by atoms with Gasteiger partial charge in [0.2, 0.25) is 5.91 Å². The molecule has 2 N–H and O–H groups in total. The van der Waals surface area contributed by atoms with Crippen LogP contribution in [0.2, 0.25) is 0 Å². The third kappa shape index (κ3) is 8.62. The van der Waals surface area contributed by atoms with Crippen LogP contribution >= 0.6 is 0 Å². The number of hydrogen-bond acceptors (Lipinski definition) is 6. The summed E-state index contributed by atoms with van der Waals surface area (Å²) in [5.41, 5.74) is 8.69. The number of hydrogen-bond donors (Lipinski definition) is 1. The number of amides is 1. The average molecular weight is 640 g/mol. The van der Waals surface area contributed by atoms with Gasteiger partial charge in [0.15, 0.2) is 0 Å². The number of aromatic nitrogens is 1. The number of pyridine rings is 1. The summed E-state index contributed by atoms with van der Waals surface area (Å²) in [7, 11) is 1.74. The molecule has 1 atom stereocenters. The van der Waals surface area contributed by atoms with Crippen molar-refractivity contribution in [2.75, 3.05) is 46.4 Å². The van der Waals surface area contributed by atoms with Crippen LogP contribution in [0.1, 0.15) is 81.9 Å².